The van der Waals surface area contributed by atoms with Crippen molar-refractivity contribution >= 4 is 17.2 Å². The van der Waals surface area contributed by atoms with Crippen LogP contribution in [0.25, 0.3) is 16.9 Å². The summed E-state index contributed by atoms with van der Waals surface area (Å²) in [5, 5.41) is 10.7. The Kier molecular flexibility index (Phi) is 4.72. The van der Waals surface area contributed by atoms with E-state index in [-0.39, 0.29) is 11.6 Å². The van der Waals surface area contributed by atoms with Crippen molar-refractivity contribution in [3.8, 4) is 17.1 Å². The predicted molar refractivity (Wildman–Crippen MR) is 107 cm³/mol. The number of amides is 1. The highest BCUT2D eigenvalue weighted by Crippen LogP contribution is 2.28. The lowest BCUT2D eigenvalue weighted by Crippen LogP contribution is -2.15. The highest BCUT2D eigenvalue weighted by atomic mass is 16.5. The van der Waals surface area contributed by atoms with E-state index in [4.69, 9.17) is 9.72 Å². The van der Waals surface area contributed by atoms with Gasteiger partial charge in [0.2, 0.25) is 5.88 Å². The van der Waals surface area contributed by atoms with E-state index in [1.807, 2.05) is 67.0 Å². The fraction of sp³-hybridized carbons (Fsp3) is 0.143. The number of anilines is 1. The van der Waals surface area contributed by atoms with E-state index >= 15 is 0 Å². The Hall–Kier alpha value is -3.74. The van der Waals surface area contributed by atoms with Crippen molar-refractivity contribution in [1.29, 1.82) is 0 Å². The Labute approximate surface area is 162 Å². The Balaban J connectivity index is 1.64. The summed E-state index contributed by atoms with van der Waals surface area (Å²) in [6.07, 6.45) is 3.90. The van der Waals surface area contributed by atoms with Crippen LogP contribution in [-0.2, 0) is 0 Å². The molecule has 1 N–H and O–H groups in total. The predicted octanol–water partition coefficient (Wildman–Crippen LogP) is 3.75. The molecule has 7 nitrogen and oxygen atoms in total. The standard InChI is InChI=1S/C21H19N5O2/c1-3-28-19-11-10-17(24-25-19)21(27)23-16-9-5-4-8-15(16)18-13-26-12-6-7-14(2)20(26)22-18/h4-13H,3H2,1-2H3,(H,23,27). The average Bonchev–Trinajstić information content (AvgIpc) is 3.15. The highest BCUT2D eigenvalue weighted by molar-refractivity contribution is 6.04. The largest absolute Gasteiger partial charge is 0.477 e. The van der Waals surface area contributed by atoms with E-state index < -0.39 is 0 Å². The fourth-order valence-electron chi connectivity index (χ4n) is 2.95. The maximum atomic E-state index is 12.6. The molecule has 7 heteroatoms. The van der Waals surface area contributed by atoms with Crippen molar-refractivity contribution in [2.45, 2.75) is 13.8 Å². The molecule has 0 bridgehead atoms. The van der Waals surface area contributed by atoms with Crippen LogP contribution >= 0.6 is 0 Å². The molecule has 0 saturated heterocycles. The lowest BCUT2D eigenvalue weighted by molar-refractivity contribution is 0.102. The summed E-state index contributed by atoms with van der Waals surface area (Å²) in [6, 6.07) is 14.8. The van der Waals surface area contributed by atoms with Gasteiger partial charge in [0.1, 0.15) is 5.65 Å². The third-order valence-corrected chi connectivity index (χ3v) is 4.29. The number of para-hydroxylation sites is 1. The van der Waals surface area contributed by atoms with Crippen LogP contribution in [-0.4, -0.2) is 32.1 Å². The monoisotopic (exact) mass is 373 g/mol. The minimum Gasteiger partial charge on any atom is -0.477 e. The molecule has 0 aliphatic carbocycles. The number of fused-ring (bicyclic) bond motifs is 1. The molecule has 0 saturated carbocycles. The number of carbonyl (C=O) groups is 1. The molecule has 0 unspecified atom stereocenters. The highest BCUT2D eigenvalue weighted by Gasteiger charge is 2.14. The maximum absolute atomic E-state index is 12.6. The number of ether oxygens (including phenoxy) is 1. The summed E-state index contributed by atoms with van der Waals surface area (Å²) in [5.74, 6) is 0.0439. The lowest BCUT2D eigenvalue weighted by atomic mass is 10.1. The minimum absolute atomic E-state index is 0.212. The summed E-state index contributed by atoms with van der Waals surface area (Å²) >= 11 is 0. The van der Waals surface area contributed by atoms with Gasteiger partial charge in [0, 0.05) is 24.0 Å². The van der Waals surface area contributed by atoms with Gasteiger partial charge in [-0.2, -0.15) is 0 Å². The number of pyridine rings is 1. The van der Waals surface area contributed by atoms with Crippen molar-refractivity contribution in [1.82, 2.24) is 19.6 Å². The van der Waals surface area contributed by atoms with Gasteiger partial charge >= 0.3 is 0 Å². The third-order valence-electron chi connectivity index (χ3n) is 4.29. The second-order valence-electron chi connectivity index (χ2n) is 6.24. The third kappa shape index (κ3) is 3.42. The van der Waals surface area contributed by atoms with Crippen molar-refractivity contribution in [2.24, 2.45) is 0 Å². The SMILES string of the molecule is CCOc1ccc(C(=O)Nc2ccccc2-c2cn3cccc(C)c3n2)nn1. The van der Waals surface area contributed by atoms with Crippen LogP contribution in [0.3, 0.4) is 0 Å². The molecule has 0 aliphatic rings. The van der Waals surface area contributed by atoms with Crippen molar-refractivity contribution in [3.05, 3.63) is 72.2 Å². The number of nitrogens with one attached hydrogen (secondary N) is 1. The van der Waals surface area contributed by atoms with Crippen LogP contribution in [0, 0.1) is 6.92 Å². The van der Waals surface area contributed by atoms with Crippen LogP contribution in [0.2, 0.25) is 0 Å². The molecule has 140 valence electrons. The number of benzene rings is 1. The maximum Gasteiger partial charge on any atom is 0.276 e. The smallest absolute Gasteiger partial charge is 0.276 e. The lowest BCUT2D eigenvalue weighted by Gasteiger charge is -2.09. The number of aryl methyl sites for hydroxylation is 1. The van der Waals surface area contributed by atoms with E-state index in [0.29, 0.717) is 18.2 Å². The molecule has 0 atom stereocenters. The zero-order valence-corrected chi connectivity index (χ0v) is 15.6. The molecule has 28 heavy (non-hydrogen) atoms. The van der Waals surface area contributed by atoms with Crippen molar-refractivity contribution in [2.75, 3.05) is 11.9 Å². The summed E-state index contributed by atoms with van der Waals surface area (Å²) in [7, 11) is 0. The Morgan fingerprint density at radius 3 is 2.71 bits per heavy atom. The number of aromatic nitrogens is 4. The normalized spacial score (nSPS) is 10.8. The molecule has 4 rings (SSSR count). The summed E-state index contributed by atoms with van der Waals surface area (Å²) in [5.41, 5.74) is 4.45. The van der Waals surface area contributed by atoms with Crippen molar-refractivity contribution < 1.29 is 9.53 Å². The first kappa shape index (κ1) is 17.7. The molecule has 4 aromatic rings. The van der Waals surface area contributed by atoms with Crippen LogP contribution in [0.15, 0.2) is 60.9 Å². The molecule has 0 aliphatic heterocycles. The molecule has 3 heterocycles. The van der Waals surface area contributed by atoms with Gasteiger partial charge in [0.25, 0.3) is 5.91 Å². The van der Waals surface area contributed by atoms with Gasteiger partial charge in [0.15, 0.2) is 5.69 Å². The molecule has 1 aromatic carbocycles. The van der Waals surface area contributed by atoms with Crippen LogP contribution in [0.4, 0.5) is 5.69 Å². The Bertz CT molecular complexity index is 1140. The summed E-state index contributed by atoms with van der Waals surface area (Å²) < 4.78 is 7.23. The van der Waals surface area contributed by atoms with Gasteiger partial charge in [-0.05, 0) is 37.6 Å². The zero-order valence-electron chi connectivity index (χ0n) is 15.6. The molecule has 0 fully saturated rings. The van der Waals surface area contributed by atoms with Crippen LogP contribution in [0.1, 0.15) is 23.0 Å². The first-order chi connectivity index (χ1) is 13.7. The van der Waals surface area contributed by atoms with Crippen LogP contribution < -0.4 is 10.1 Å². The second kappa shape index (κ2) is 7.48. The Morgan fingerprint density at radius 1 is 1.11 bits per heavy atom. The molecular weight excluding hydrogens is 354 g/mol. The zero-order chi connectivity index (χ0) is 19.5. The molecule has 3 aromatic heterocycles. The van der Waals surface area contributed by atoms with E-state index in [9.17, 15) is 4.79 Å². The molecule has 1 amide bonds. The first-order valence-electron chi connectivity index (χ1n) is 8.97. The summed E-state index contributed by atoms with van der Waals surface area (Å²) in [6.45, 7) is 4.37. The number of rotatable bonds is 5. The van der Waals surface area contributed by atoms with Gasteiger partial charge in [-0.15, -0.1) is 10.2 Å². The molecule has 0 radical (unpaired) electrons. The fourth-order valence-corrected chi connectivity index (χ4v) is 2.95. The number of hydrogen-bond donors (Lipinski definition) is 1. The van der Waals surface area contributed by atoms with E-state index in [1.54, 1.807) is 12.1 Å². The number of hydrogen-bond acceptors (Lipinski definition) is 5. The second-order valence-corrected chi connectivity index (χ2v) is 6.24. The number of nitrogens with zero attached hydrogens (tertiary/aromatic N) is 4. The van der Waals surface area contributed by atoms with Gasteiger partial charge in [-0.1, -0.05) is 24.3 Å². The first-order valence-corrected chi connectivity index (χ1v) is 8.97. The van der Waals surface area contributed by atoms with Crippen molar-refractivity contribution in [3.63, 3.8) is 0 Å². The molecular formula is C21H19N5O2. The van der Waals surface area contributed by atoms with E-state index in [0.717, 1.165) is 22.5 Å². The number of carbonyl (C=O) groups excluding carboxylic acids is 1. The van der Waals surface area contributed by atoms with Crippen LogP contribution in [0.5, 0.6) is 5.88 Å². The topological polar surface area (TPSA) is 81.4 Å². The Morgan fingerprint density at radius 2 is 1.96 bits per heavy atom. The van der Waals surface area contributed by atoms with Gasteiger partial charge in [0.05, 0.1) is 18.0 Å². The molecule has 0 spiro atoms. The van der Waals surface area contributed by atoms with Gasteiger partial charge in [-0.3, -0.25) is 4.79 Å². The number of imidazole rings is 1. The average molecular weight is 373 g/mol. The van der Waals surface area contributed by atoms with E-state index in [2.05, 4.69) is 15.5 Å². The van der Waals surface area contributed by atoms with Gasteiger partial charge < -0.3 is 14.5 Å². The summed E-state index contributed by atoms with van der Waals surface area (Å²) in [4.78, 5) is 17.3. The van der Waals surface area contributed by atoms with E-state index in [1.165, 1.54) is 0 Å². The quantitative estimate of drug-likeness (QED) is 0.576. The minimum atomic E-state index is -0.344. The van der Waals surface area contributed by atoms with Gasteiger partial charge in [-0.25, -0.2) is 4.98 Å².